The van der Waals surface area contributed by atoms with Crippen molar-refractivity contribution < 1.29 is 17.6 Å². The maximum atomic E-state index is 14.1. The van der Waals surface area contributed by atoms with Gasteiger partial charge in [0.15, 0.2) is 0 Å². The summed E-state index contributed by atoms with van der Waals surface area (Å²) in [5.41, 5.74) is 3.87. The smallest absolute Gasteiger partial charge is 0.255 e. The lowest BCUT2D eigenvalue weighted by atomic mass is 10.1. The lowest BCUT2D eigenvalue weighted by Crippen LogP contribution is -2.30. The van der Waals surface area contributed by atoms with Crippen molar-refractivity contribution in [2.45, 2.75) is 20.4 Å². The van der Waals surface area contributed by atoms with Gasteiger partial charge in [0, 0.05) is 11.3 Å². The van der Waals surface area contributed by atoms with E-state index in [0.29, 0.717) is 16.8 Å². The Morgan fingerprint density at radius 1 is 0.967 bits per heavy atom. The van der Waals surface area contributed by atoms with Crippen molar-refractivity contribution in [3.63, 3.8) is 0 Å². The molecule has 0 bridgehead atoms. The molecule has 3 rings (SSSR count). The molecule has 0 heterocycles. The molecule has 0 aromatic heterocycles. The van der Waals surface area contributed by atoms with Crippen LogP contribution in [0.2, 0.25) is 0 Å². The molecule has 0 aliphatic rings. The number of nitrogens with zero attached hydrogens (tertiary/aromatic N) is 1. The van der Waals surface area contributed by atoms with Crippen molar-refractivity contribution in [1.82, 2.24) is 0 Å². The zero-order valence-corrected chi connectivity index (χ0v) is 17.8. The van der Waals surface area contributed by atoms with E-state index >= 15 is 0 Å². The summed E-state index contributed by atoms with van der Waals surface area (Å²) in [4.78, 5) is 12.5. The molecule has 156 valence electrons. The van der Waals surface area contributed by atoms with Crippen molar-refractivity contribution in [2.24, 2.45) is 0 Å². The normalized spacial score (nSPS) is 11.2. The lowest BCUT2D eigenvalue weighted by molar-refractivity contribution is 0.102. The molecule has 1 amide bonds. The van der Waals surface area contributed by atoms with Gasteiger partial charge in [-0.05, 0) is 66.9 Å². The van der Waals surface area contributed by atoms with Gasteiger partial charge in [-0.3, -0.25) is 9.10 Å². The number of carbonyl (C=O) groups excluding carboxylic acids is 1. The molecule has 0 saturated heterocycles. The van der Waals surface area contributed by atoms with Crippen molar-refractivity contribution in [1.29, 1.82) is 0 Å². The van der Waals surface area contributed by atoms with Crippen LogP contribution in [0.25, 0.3) is 0 Å². The fourth-order valence-electron chi connectivity index (χ4n) is 3.21. The molecule has 7 heteroatoms. The number of hydrogen-bond donors (Lipinski definition) is 1. The van der Waals surface area contributed by atoms with Gasteiger partial charge in [-0.15, -0.1) is 0 Å². The maximum absolute atomic E-state index is 14.1. The third-order valence-electron chi connectivity index (χ3n) is 4.54. The summed E-state index contributed by atoms with van der Waals surface area (Å²) in [5, 5.41) is 2.86. The van der Waals surface area contributed by atoms with Crippen LogP contribution in [0.3, 0.4) is 0 Å². The third kappa shape index (κ3) is 5.24. The number of benzene rings is 3. The van der Waals surface area contributed by atoms with Crippen molar-refractivity contribution in [3.05, 3.63) is 94.8 Å². The average Bonchev–Trinajstić information content (AvgIpc) is 2.65. The predicted molar refractivity (Wildman–Crippen MR) is 118 cm³/mol. The summed E-state index contributed by atoms with van der Waals surface area (Å²) < 4.78 is 39.6. The van der Waals surface area contributed by atoms with Crippen LogP contribution in [0, 0.1) is 19.7 Å². The zero-order valence-electron chi connectivity index (χ0n) is 17.0. The Morgan fingerprint density at radius 3 is 2.13 bits per heavy atom. The van der Waals surface area contributed by atoms with Gasteiger partial charge in [-0.2, -0.15) is 0 Å². The topological polar surface area (TPSA) is 66.5 Å². The quantitative estimate of drug-likeness (QED) is 0.623. The molecule has 0 radical (unpaired) electrons. The van der Waals surface area contributed by atoms with Crippen LogP contribution >= 0.6 is 0 Å². The van der Waals surface area contributed by atoms with Crippen molar-refractivity contribution >= 4 is 27.3 Å². The van der Waals surface area contributed by atoms with Crippen molar-refractivity contribution in [2.75, 3.05) is 15.9 Å². The molecule has 0 atom stereocenters. The molecule has 0 unspecified atom stereocenters. The van der Waals surface area contributed by atoms with Crippen LogP contribution in [0.5, 0.6) is 0 Å². The Hall–Kier alpha value is -3.19. The summed E-state index contributed by atoms with van der Waals surface area (Å²) >= 11 is 0. The standard InChI is InChI=1S/C23H23FN2O3S/c1-16-12-17(2)14-20(13-16)25-23(27)19-10-8-18(9-11-19)15-26(30(3,28)29)22-7-5-4-6-21(22)24/h4-14H,15H2,1-3H3,(H,25,27). The number of sulfonamides is 1. The first-order chi connectivity index (χ1) is 14.1. The first kappa shape index (κ1) is 21.5. The zero-order chi connectivity index (χ0) is 21.9. The summed E-state index contributed by atoms with van der Waals surface area (Å²) in [7, 11) is -3.70. The number of hydrogen-bond acceptors (Lipinski definition) is 3. The second kappa shape index (κ2) is 8.67. The number of rotatable bonds is 6. The van der Waals surface area contributed by atoms with Gasteiger partial charge in [-0.1, -0.05) is 30.3 Å². The van der Waals surface area contributed by atoms with E-state index in [-0.39, 0.29) is 18.1 Å². The number of nitrogens with one attached hydrogen (secondary N) is 1. The van der Waals surface area contributed by atoms with E-state index in [1.807, 2.05) is 32.0 Å². The Bertz CT molecular complexity index is 1160. The van der Waals surface area contributed by atoms with Gasteiger partial charge < -0.3 is 5.32 Å². The molecular weight excluding hydrogens is 403 g/mol. The van der Waals surface area contributed by atoms with Gasteiger partial charge in [0.25, 0.3) is 5.91 Å². The largest absolute Gasteiger partial charge is 0.322 e. The monoisotopic (exact) mass is 426 g/mol. The molecule has 1 N–H and O–H groups in total. The molecule has 0 aliphatic carbocycles. The second-order valence-electron chi connectivity index (χ2n) is 7.25. The minimum Gasteiger partial charge on any atom is -0.322 e. The Kier molecular flexibility index (Phi) is 6.22. The summed E-state index contributed by atoms with van der Waals surface area (Å²) in [6, 6.07) is 18.1. The average molecular weight is 427 g/mol. The SMILES string of the molecule is Cc1cc(C)cc(NC(=O)c2ccc(CN(c3ccccc3F)S(C)(=O)=O)cc2)c1. The summed E-state index contributed by atoms with van der Waals surface area (Å²) in [6.45, 7) is 3.87. The Morgan fingerprint density at radius 2 is 1.57 bits per heavy atom. The van der Waals surface area contributed by atoms with Gasteiger partial charge >= 0.3 is 0 Å². The molecule has 0 saturated carbocycles. The van der Waals surface area contributed by atoms with Gasteiger partial charge in [0.1, 0.15) is 5.82 Å². The van der Waals surface area contributed by atoms with Crippen molar-refractivity contribution in [3.8, 4) is 0 Å². The van der Waals surface area contributed by atoms with Crippen LogP contribution in [-0.2, 0) is 16.6 Å². The van der Waals surface area contributed by atoms with Crippen LogP contribution in [-0.4, -0.2) is 20.6 Å². The molecular formula is C23H23FN2O3S. The van der Waals surface area contributed by atoms with Crippen LogP contribution < -0.4 is 9.62 Å². The molecule has 0 fully saturated rings. The number of amides is 1. The summed E-state index contributed by atoms with van der Waals surface area (Å²) in [5.74, 6) is -0.881. The van der Waals surface area contributed by atoms with E-state index in [1.54, 1.807) is 30.3 Å². The second-order valence-corrected chi connectivity index (χ2v) is 9.16. The molecule has 0 aliphatic heterocycles. The van der Waals surface area contributed by atoms with Gasteiger partial charge in [0.05, 0.1) is 18.5 Å². The predicted octanol–water partition coefficient (Wildman–Crippen LogP) is 4.66. The Balaban J connectivity index is 1.79. The lowest BCUT2D eigenvalue weighted by Gasteiger charge is -2.23. The minimum atomic E-state index is -3.70. The fraction of sp³-hybridized carbons (Fsp3) is 0.174. The van der Waals surface area contributed by atoms with E-state index in [0.717, 1.165) is 21.7 Å². The van der Waals surface area contributed by atoms with Crippen LogP contribution in [0.1, 0.15) is 27.0 Å². The number of para-hydroxylation sites is 1. The molecule has 5 nitrogen and oxygen atoms in total. The molecule has 3 aromatic rings. The van der Waals surface area contributed by atoms with Crippen LogP contribution in [0.15, 0.2) is 66.7 Å². The number of anilines is 2. The minimum absolute atomic E-state index is 0.0170. The highest BCUT2D eigenvalue weighted by atomic mass is 32.2. The van der Waals surface area contributed by atoms with E-state index in [9.17, 15) is 17.6 Å². The molecule has 30 heavy (non-hydrogen) atoms. The maximum Gasteiger partial charge on any atom is 0.255 e. The first-order valence-electron chi connectivity index (χ1n) is 9.34. The van der Waals surface area contributed by atoms with E-state index in [1.165, 1.54) is 18.2 Å². The van der Waals surface area contributed by atoms with Gasteiger partial charge in [0.2, 0.25) is 10.0 Å². The fourth-order valence-corrected chi connectivity index (χ4v) is 4.10. The van der Waals surface area contributed by atoms with E-state index < -0.39 is 15.8 Å². The first-order valence-corrected chi connectivity index (χ1v) is 11.2. The van der Waals surface area contributed by atoms with E-state index in [2.05, 4.69) is 5.32 Å². The van der Waals surface area contributed by atoms with E-state index in [4.69, 9.17) is 0 Å². The third-order valence-corrected chi connectivity index (χ3v) is 5.67. The highest BCUT2D eigenvalue weighted by Crippen LogP contribution is 2.24. The molecule has 0 spiro atoms. The molecule has 3 aromatic carbocycles. The number of carbonyl (C=O) groups is 1. The van der Waals surface area contributed by atoms with Crippen LogP contribution in [0.4, 0.5) is 15.8 Å². The van der Waals surface area contributed by atoms with Gasteiger partial charge in [-0.25, -0.2) is 12.8 Å². The number of aryl methyl sites for hydroxylation is 2. The highest BCUT2D eigenvalue weighted by Gasteiger charge is 2.21. The number of halogens is 1. The summed E-state index contributed by atoms with van der Waals surface area (Å²) in [6.07, 6.45) is 1.03. The Labute approximate surface area is 176 Å². The highest BCUT2D eigenvalue weighted by molar-refractivity contribution is 7.92.